The number of carbonyl (C=O) groups excluding carboxylic acids is 1. The number of aliphatic hydroxyl groups is 1. The van der Waals surface area contributed by atoms with Crippen LogP contribution in [0, 0.1) is 0 Å². The Morgan fingerprint density at radius 1 is 1.38 bits per heavy atom. The molecule has 5 nitrogen and oxygen atoms in total. The molecule has 3 N–H and O–H groups in total. The highest BCUT2D eigenvalue weighted by molar-refractivity contribution is 7.13. The number of nitrogens with one attached hydrogen (secondary N) is 2. The van der Waals surface area contributed by atoms with Gasteiger partial charge in [0, 0.05) is 24.9 Å². The molecule has 112 valence electrons. The van der Waals surface area contributed by atoms with E-state index >= 15 is 0 Å². The van der Waals surface area contributed by atoms with Crippen molar-refractivity contribution >= 4 is 22.4 Å². The lowest BCUT2D eigenvalue weighted by Gasteiger charge is -2.11. The summed E-state index contributed by atoms with van der Waals surface area (Å²) < 4.78 is 0. The highest BCUT2D eigenvalue weighted by Gasteiger charge is 2.12. The average Bonchev–Trinajstić information content (AvgIpc) is 2.95. The molecule has 0 fully saturated rings. The Morgan fingerprint density at radius 3 is 2.86 bits per heavy atom. The van der Waals surface area contributed by atoms with Crippen LogP contribution in [-0.2, 0) is 6.42 Å². The number of aliphatic hydroxyl groups excluding tert-OH is 1. The number of rotatable bonds is 7. The van der Waals surface area contributed by atoms with E-state index in [1.54, 1.807) is 5.38 Å². The number of nitrogens with zero attached hydrogens (tertiary/aromatic N) is 1. The number of anilines is 1. The van der Waals surface area contributed by atoms with Crippen molar-refractivity contribution in [1.82, 2.24) is 10.3 Å². The topological polar surface area (TPSA) is 74.2 Å². The molecule has 0 saturated carbocycles. The van der Waals surface area contributed by atoms with Crippen LogP contribution in [0.3, 0.4) is 0 Å². The first-order valence-electron chi connectivity index (χ1n) is 6.88. The summed E-state index contributed by atoms with van der Waals surface area (Å²) in [6, 6.07) is 9.69. The number of amides is 1. The van der Waals surface area contributed by atoms with Gasteiger partial charge in [-0.1, -0.05) is 30.3 Å². The van der Waals surface area contributed by atoms with Crippen molar-refractivity contribution in [2.45, 2.75) is 19.4 Å². The Bertz CT molecular complexity index is 571. The Morgan fingerprint density at radius 2 is 2.14 bits per heavy atom. The van der Waals surface area contributed by atoms with Crippen molar-refractivity contribution in [3.8, 4) is 0 Å². The van der Waals surface area contributed by atoms with Crippen LogP contribution >= 0.6 is 11.3 Å². The van der Waals surface area contributed by atoms with Crippen LogP contribution < -0.4 is 10.6 Å². The molecule has 1 amide bonds. The highest BCUT2D eigenvalue weighted by atomic mass is 32.1. The van der Waals surface area contributed by atoms with E-state index in [-0.39, 0.29) is 12.5 Å². The van der Waals surface area contributed by atoms with Crippen molar-refractivity contribution in [2.75, 3.05) is 18.4 Å². The lowest BCUT2D eigenvalue weighted by atomic mass is 10.1. The molecule has 1 unspecified atom stereocenters. The summed E-state index contributed by atoms with van der Waals surface area (Å²) in [4.78, 5) is 16.1. The molecule has 0 aliphatic heterocycles. The van der Waals surface area contributed by atoms with E-state index < -0.39 is 6.10 Å². The van der Waals surface area contributed by atoms with Gasteiger partial charge in [0.2, 0.25) is 0 Å². The van der Waals surface area contributed by atoms with Crippen LogP contribution in [0.5, 0.6) is 0 Å². The fourth-order valence-electron chi connectivity index (χ4n) is 1.87. The Balaban J connectivity index is 1.80. The maximum atomic E-state index is 11.9. The number of hydrogen-bond donors (Lipinski definition) is 3. The minimum absolute atomic E-state index is 0.210. The van der Waals surface area contributed by atoms with Gasteiger partial charge in [0.05, 0.1) is 6.10 Å². The molecule has 0 spiro atoms. The molecule has 0 aliphatic rings. The third-order valence-electron chi connectivity index (χ3n) is 2.88. The normalized spacial score (nSPS) is 11.9. The van der Waals surface area contributed by atoms with Crippen LogP contribution in [0.1, 0.15) is 23.0 Å². The number of aromatic nitrogens is 1. The number of thiazole rings is 1. The molecule has 0 bridgehead atoms. The largest absolute Gasteiger partial charge is 0.391 e. The van der Waals surface area contributed by atoms with Crippen LogP contribution in [0.4, 0.5) is 5.13 Å². The van der Waals surface area contributed by atoms with Gasteiger partial charge in [0.25, 0.3) is 5.91 Å². The quantitative estimate of drug-likeness (QED) is 0.730. The molecule has 0 radical (unpaired) electrons. The molecule has 0 aliphatic carbocycles. The van der Waals surface area contributed by atoms with Crippen molar-refractivity contribution in [3.05, 3.63) is 47.0 Å². The van der Waals surface area contributed by atoms with Crippen LogP contribution in [0.15, 0.2) is 35.7 Å². The van der Waals surface area contributed by atoms with Gasteiger partial charge in [-0.2, -0.15) is 0 Å². The molecule has 6 heteroatoms. The molecular formula is C15H19N3O2S. The first-order valence-corrected chi connectivity index (χ1v) is 7.76. The molecule has 1 aromatic heterocycles. The highest BCUT2D eigenvalue weighted by Crippen LogP contribution is 2.14. The molecule has 2 aromatic rings. The minimum Gasteiger partial charge on any atom is -0.391 e. The van der Waals surface area contributed by atoms with Gasteiger partial charge in [-0.25, -0.2) is 4.98 Å². The maximum Gasteiger partial charge on any atom is 0.270 e. The minimum atomic E-state index is -0.608. The van der Waals surface area contributed by atoms with E-state index in [4.69, 9.17) is 0 Å². The zero-order chi connectivity index (χ0) is 15.1. The standard InChI is InChI=1S/C15H19N3O2S/c1-2-16-15-18-13(10-21-15)14(20)17-9-12(19)8-11-6-4-3-5-7-11/h3-7,10,12,19H,2,8-9H2,1H3,(H,16,18)(H,17,20). The van der Waals surface area contributed by atoms with Gasteiger partial charge in [-0.3, -0.25) is 4.79 Å². The van der Waals surface area contributed by atoms with Crippen LogP contribution in [0.2, 0.25) is 0 Å². The van der Waals surface area contributed by atoms with Crippen molar-refractivity contribution in [1.29, 1.82) is 0 Å². The van der Waals surface area contributed by atoms with Gasteiger partial charge in [0.1, 0.15) is 5.69 Å². The second kappa shape index (κ2) is 7.75. The Labute approximate surface area is 128 Å². The molecule has 1 aromatic carbocycles. The lowest BCUT2D eigenvalue weighted by Crippen LogP contribution is -2.33. The molecule has 2 rings (SSSR count). The molecule has 0 saturated heterocycles. The van der Waals surface area contributed by atoms with Crippen LogP contribution in [0.25, 0.3) is 0 Å². The van der Waals surface area contributed by atoms with E-state index in [0.717, 1.165) is 17.2 Å². The van der Waals surface area contributed by atoms with E-state index in [9.17, 15) is 9.90 Å². The first-order chi connectivity index (χ1) is 10.2. The van der Waals surface area contributed by atoms with Crippen LogP contribution in [-0.4, -0.2) is 35.2 Å². The number of benzene rings is 1. The van der Waals surface area contributed by atoms with E-state index in [1.165, 1.54) is 11.3 Å². The summed E-state index contributed by atoms with van der Waals surface area (Å²) in [7, 11) is 0. The van der Waals surface area contributed by atoms with Gasteiger partial charge in [-0.15, -0.1) is 11.3 Å². The Hall–Kier alpha value is -1.92. The summed E-state index contributed by atoms with van der Waals surface area (Å²) in [6.07, 6.45) is -0.0934. The van der Waals surface area contributed by atoms with Gasteiger partial charge in [0.15, 0.2) is 5.13 Å². The van der Waals surface area contributed by atoms with Crippen molar-refractivity contribution in [2.24, 2.45) is 0 Å². The summed E-state index contributed by atoms with van der Waals surface area (Å²) in [6.45, 7) is 2.95. The SMILES string of the molecule is CCNc1nc(C(=O)NCC(O)Cc2ccccc2)cs1. The van der Waals surface area contributed by atoms with Gasteiger partial charge >= 0.3 is 0 Å². The van der Waals surface area contributed by atoms with E-state index in [0.29, 0.717) is 12.1 Å². The molecular weight excluding hydrogens is 286 g/mol. The zero-order valence-corrected chi connectivity index (χ0v) is 12.7. The predicted octanol–water partition coefficient (Wildman–Crippen LogP) is 1.91. The second-order valence-corrected chi connectivity index (χ2v) is 5.48. The molecule has 1 heterocycles. The van der Waals surface area contributed by atoms with Gasteiger partial charge in [-0.05, 0) is 12.5 Å². The third-order valence-corrected chi connectivity index (χ3v) is 3.68. The van der Waals surface area contributed by atoms with E-state index in [2.05, 4.69) is 15.6 Å². The smallest absolute Gasteiger partial charge is 0.270 e. The zero-order valence-electron chi connectivity index (χ0n) is 11.9. The van der Waals surface area contributed by atoms with Crippen molar-refractivity contribution in [3.63, 3.8) is 0 Å². The van der Waals surface area contributed by atoms with Crippen molar-refractivity contribution < 1.29 is 9.90 Å². The summed E-state index contributed by atoms with van der Waals surface area (Å²) >= 11 is 1.39. The Kier molecular flexibility index (Phi) is 5.71. The van der Waals surface area contributed by atoms with E-state index in [1.807, 2.05) is 37.3 Å². The monoisotopic (exact) mass is 305 g/mol. The summed E-state index contributed by atoms with van der Waals surface area (Å²) in [5.41, 5.74) is 1.42. The average molecular weight is 305 g/mol. The lowest BCUT2D eigenvalue weighted by molar-refractivity contribution is 0.0912. The summed E-state index contributed by atoms with van der Waals surface area (Å²) in [5.74, 6) is -0.262. The fourth-order valence-corrected chi connectivity index (χ4v) is 2.63. The number of hydrogen-bond acceptors (Lipinski definition) is 5. The second-order valence-electron chi connectivity index (χ2n) is 4.62. The summed E-state index contributed by atoms with van der Waals surface area (Å²) in [5, 5.41) is 18.1. The fraction of sp³-hybridized carbons (Fsp3) is 0.333. The number of carbonyl (C=O) groups is 1. The first kappa shape index (κ1) is 15.5. The van der Waals surface area contributed by atoms with Gasteiger partial charge < -0.3 is 15.7 Å². The molecule has 21 heavy (non-hydrogen) atoms. The predicted molar refractivity (Wildman–Crippen MR) is 84.8 cm³/mol. The maximum absolute atomic E-state index is 11.9. The third kappa shape index (κ3) is 4.84. The molecule has 1 atom stereocenters.